The maximum Gasteiger partial charge on any atom is 0.472 e. The number of esters is 2. The van der Waals surface area contributed by atoms with Crippen molar-refractivity contribution in [1.29, 1.82) is 0 Å². The highest BCUT2D eigenvalue weighted by molar-refractivity contribution is 7.47. The van der Waals surface area contributed by atoms with Crippen LogP contribution >= 0.6 is 7.82 Å². The van der Waals surface area contributed by atoms with E-state index in [1.807, 2.05) is 21.1 Å². The van der Waals surface area contributed by atoms with Gasteiger partial charge in [0.2, 0.25) is 0 Å². The van der Waals surface area contributed by atoms with Crippen LogP contribution in [0.2, 0.25) is 0 Å². The zero-order chi connectivity index (χ0) is 62.6. The number of allylic oxidation sites excluding steroid dienone is 8. The van der Waals surface area contributed by atoms with E-state index < -0.39 is 26.5 Å². The largest absolute Gasteiger partial charge is 0.472 e. The second-order valence-electron chi connectivity index (χ2n) is 26.7. The van der Waals surface area contributed by atoms with Gasteiger partial charge in [0.1, 0.15) is 19.8 Å². The topological polar surface area (TPSA) is 108 Å². The highest BCUT2D eigenvalue weighted by Crippen LogP contribution is 2.43. The van der Waals surface area contributed by atoms with Crippen LogP contribution < -0.4 is 0 Å². The quantitative estimate of drug-likeness (QED) is 0.0211. The summed E-state index contributed by atoms with van der Waals surface area (Å²) < 4.78 is 34.7. The predicted molar refractivity (Wildman–Crippen MR) is 372 cm³/mol. The number of phosphoric ester groups is 1. The van der Waals surface area contributed by atoms with Crippen LogP contribution in [0.15, 0.2) is 48.6 Å². The van der Waals surface area contributed by atoms with E-state index in [0.29, 0.717) is 17.4 Å². The van der Waals surface area contributed by atoms with Gasteiger partial charge in [-0.2, -0.15) is 0 Å². The van der Waals surface area contributed by atoms with Gasteiger partial charge in [0.25, 0.3) is 0 Å². The normalized spacial score (nSPS) is 13.3. The van der Waals surface area contributed by atoms with E-state index in [1.54, 1.807) is 0 Å². The lowest BCUT2D eigenvalue weighted by atomic mass is 10.0. The first kappa shape index (κ1) is 84.0. The fourth-order valence-electron chi connectivity index (χ4n) is 11.1. The Morgan fingerprint density at radius 1 is 0.360 bits per heavy atom. The number of carbonyl (C=O) groups excluding carboxylic acids is 2. The number of quaternary nitrogens is 1. The second-order valence-corrected chi connectivity index (χ2v) is 28.1. The van der Waals surface area contributed by atoms with Crippen LogP contribution in [0, 0.1) is 0 Å². The van der Waals surface area contributed by atoms with Gasteiger partial charge in [-0.05, 0) is 77.0 Å². The van der Waals surface area contributed by atoms with E-state index in [1.165, 1.54) is 270 Å². The maximum absolute atomic E-state index is 12.9. The predicted octanol–water partition coefficient (Wildman–Crippen LogP) is 24.4. The summed E-state index contributed by atoms with van der Waals surface area (Å²) in [4.78, 5) is 35.8. The first-order chi connectivity index (χ1) is 42.0. The average Bonchev–Trinajstić information content (AvgIpc) is 3.67. The van der Waals surface area contributed by atoms with Crippen LogP contribution in [0.5, 0.6) is 0 Å². The molecule has 0 aromatic carbocycles. The van der Waals surface area contributed by atoms with Crippen LogP contribution in [0.25, 0.3) is 0 Å². The molecule has 0 saturated heterocycles. The molecular formula is C76H145NO8P+. The van der Waals surface area contributed by atoms with Crippen molar-refractivity contribution in [3.8, 4) is 0 Å². The van der Waals surface area contributed by atoms with Crippen molar-refractivity contribution < 1.29 is 42.1 Å². The van der Waals surface area contributed by atoms with Crippen molar-refractivity contribution in [2.24, 2.45) is 0 Å². The molecule has 0 saturated carbocycles. The average molecular weight is 1230 g/mol. The number of hydrogen-bond donors (Lipinski definition) is 1. The zero-order valence-corrected chi connectivity index (χ0v) is 58.7. The van der Waals surface area contributed by atoms with Gasteiger partial charge in [-0.1, -0.05) is 332 Å². The number of rotatable bonds is 70. The van der Waals surface area contributed by atoms with Crippen LogP contribution in [-0.4, -0.2) is 74.9 Å². The number of ether oxygens (including phenoxy) is 2. The van der Waals surface area contributed by atoms with Gasteiger partial charge in [0.15, 0.2) is 6.10 Å². The molecule has 0 spiro atoms. The van der Waals surface area contributed by atoms with E-state index in [4.69, 9.17) is 18.5 Å². The number of phosphoric acid groups is 1. The Labute approximate surface area is 534 Å². The monoisotopic (exact) mass is 1230 g/mol. The molecule has 0 amide bonds. The lowest BCUT2D eigenvalue weighted by Gasteiger charge is -2.24. The van der Waals surface area contributed by atoms with E-state index in [0.717, 1.165) is 70.6 Å². The fourth-order valence-corrected chi connectivity index (χ4v) is 11.8. The SMILES string of the molecule is CCCCCCC/C=C\C/C=C\C/C=C\CCCCCCCCC(=O)OC(COC(=O)CCCCCCCCCCCCCCCCCCCCCCCCCCCCCCC/C=C\CCCCCCCCCC)COP(=O)(O)OCC[N+](C)(C)C. The molecule has 0 aromatic heterocycles. The first-order valence-corrected chi connectivity index (χ1v) is 38.9. The summed E-state index contributed by atoms with van der Waals surface area (Å²) in [5.74, 6) is -0.796. The van der Waals surface area contributed by atoms with Crippen molar-refractivity contribution in [3.05, 3.63) is 48.6 Å². The third-order valence-electron chi connectivity index (χ3n) is 16.8. The summed E-state index contributed by atoms with van der Waals surface area (Å²) in [5, 5.41) is 0. The Hall–Kier alpha value is -2.03. The Kier molecular flexibility index (Phi) is 65.8. The highest BCUT2D eigenvalue weighted by Gasteiger charge is 2.27. The van der Waals surface area contributed by atoms with Gasteiger partial charge in [0, 0.05) is 12.8 Å². The second kappa shape index (κ2) is 67.4. The molecule has 1 N–H and O–H groups in total. The van der Waals surface area contributed by atoms with E-state index in [9.17, 15) is 19.0 Å². The van der Waals surface area contributed by atoms with Gasteiger partial charge in [-0.3, -0.25) is 18.6 Å². The molecule has 0 aliphatic heterocycles. The summed E-state index contributed by atoms with van der Waals surface area (Å²) in [5.41, 5.74) is 0. The van der Waals surface area contributed by atoms with Crippen LogP contribution in [0.1, 0.15) is 373 Å². The van der Waals surface area contributed by atoms with Gasteiger partial charge >= 0.3 is 19.8 Å². The molecule has 0 fully saturated rings. The molecule has 2 atom stereocenters. The summed E-state index contributed by atoms with van der Waals surface area (Å²) in [7, 11) is 1.48. The number of carbonyl (C=O) groups is 2. The Morgan fingerprint density at radius 2 is 0.628 bits per heavy atom. The Morgan fingerprint density at radius 3 is 0.942 bits per heavy atom. The molecule has 2 unspecified atom stereocenters. The maximum atomic E-state index is 12.9. The third kappa shape index (κ3) is 71.1. The molecule has 506 valence electrons. The van der Waals surface area contributed by atoms with Gasteiger partial charge in [-0.25, -0.2) is 4.57 Å². The van der Waals surface area contributed by atoms with E-state index >= 15 is 0 Å². The molecule has 0 radical (unpaired) electrons. The number of hydrogen-bond acceptors (Lipinski definition) is 7. The van der Waals surface area contributed by atoms with Crippen LogP contribution in [-0.2, 0) is 32.7 Å². The summed E-state index contributed by atoms with van der Waals surface area (Å²) in [6, 6.07) is 0. The van der Waals surface area contributed by atoms with Gasteiger partial charge in [-0.15, -0.1) is 0 Å². The highest BCUT2D eigenvalue weighted by atomic mass is 31.2. The number of nitrogens with zero attached hydrogens (tertiary/aromatic N) is 1. The van der Waals surface area contributed by atoms with Crippen molar-refractivity contribution in [2.45, 2.75) is 380 Å². The van der Waals surface area contributed by atoms with Crippen molar-refractivity contribution in [1.82, 2.24) is 0 Å². The molecule has 0 rings (SSSR count). The van der Waals surface area contributed by atoms with Crippen molar-refractivity contribution in [3.63, 3.8) is 0 Å². The minimum absolute atomic E-state index is 0.0297. The minimum atomic E-state index is -4.39. The lowest BCUT2D eigenvalue weighted by molar-refractivity contribution is -0.870. The summed E-state index contributed by atoms with van der Waals surface area (Å²) in [6.45, 7) is 4.46. The van der Waals surface area contributed by atoms with E-state index in [-0.39, 0.29) is 32.0 Å². The standard InChI is InChI=1S/C76H144NO8P/c1-6-8-10-12-14-16-18-20-22-24-26-28-29-30-31-32-33-34-35-36-37-38-39-40-41-42-43-44-45-46-47-49-50-52-54-56-58-60-62-64-66-68-75(78)82-72-74(73-84-86(80,81)83-71-70-77(3,4)5)85-76(79)69-67-65-63-61-59-57-55-53-51-48-27-25-23-21-19-17-15-13-11-9-7-2/h19,21,24-27,51,53,74H,6-18,20,22-23,28-50,52,54-73H2,1-5H3/p+1/b21-19-,26-24-,27-25-,53-51-. The van der Waals surface area contributed by atoms with Crippen LogP contribution in [0.3, 0.4) is 0 Å². The summed E-state index contributed by atoms with van der Waals surface area (Å²) in [6.07, 6.45) is 88.3. The van der Waals surface area contributed by atoms with Gasteiger partial charge < -0.3 is 18.9 Å². The number of likely N-dealkylation sites (N-methyl/N-ethyl adjacent to an activating group) is 1. The Balaban J connectivity index is 3.88. The molecule has 0 aromatic rings. The molecule has 10 heteroatoms. The van der Waals surface area contributed by atoms with E-state index in [2.05, 4.69) is 62.5 Å². The molecule has 0 aliphatic carbocycles. The molecular weight excluding hydrogens is 1090 g/mol. The summed E-state index contributed by atoms with van der Waals surface area (Å²) >= 11 is 0. The first-order valence-electron chi connectivity index (χ1n) is 37.4. The molecule has 9 nitrogen and oxygen atoms in total. The zero-order valence-electron chi connectivity index (χ0n) is 57.8. The van der Waals surface area contributed by atoms with Crippen molar-refractivity contribution >= 4 is 19.8 Å². The van der Waals surface area contributed by atoms with Gasteiger partial charge in [0.05, 0.1) is 27.7 Å². The Bertz CT molecular complexity index is 1590. The molecule has 0 heterocycles. The fraction of sp³-hybridized carbons (Fsp3) is 0.868. The molecule has 0 aliphatic rings. The molecule has 86 heavy (non-hydrogen) atoms. The van der Waals surface area contributed by atoms with Crippen LogP contribution in [0.4, 0.5) is 0 Å². The lowest BCUT2D eigenvalue weighted by Crippen LogP contribution is -2.37. The smallest absolute Gasteiger partial charge is 0.462 e. The number of unbranched alkanes of at least 4 members (excludes halogenated alkanes) is 48. The third-order valence-corrected chi connectivity index (χ3v) is 17.8. The van der Waals surface area contributed by atoms with Crippen molar-refractivity contribution in [2.75, 3.05) is 47.5 Å². The molecule has 0 bridgehead atoms. The minimum Gasteiger partial charge on any atom is -0.462 e.